The number of rotatable bonds is 2. The van der Waals surface area contributed by atoms with Crippen molar-refractivity contribution in [1.29, 1.82) is 0 Å². The number of para-hydroxylation sites is 2. The third-order valence-electron chi connectivity index (χ3n) is 21.4. The third kappa shape index (κ3) is 7.45. The van der Waals surface area contributed by atoms with Gasteiger partial charge in [-0.05, 0) is 172 Å². The first-order valence-electron chi connectivity index (χ1n) is 35.6. The number of aromatic nitrogens is 4. The number of benzene rings is 12. The predicted octanol–water partition coefficient (Wildman–Crippen LogP) is 21.6. The van der Waals surface area contributed by atoms with Crippen LogP contribution in [0.1, 0.15) is 112 Å². The Bertz CT molecular complexity index is 6500. The SMILES string of the molecule is [2H]c1c([2H])c([2H])c(-c2cc3c4c(c2)c2cc(C(C)(C)C)ccc2n4-c2c4c(cc5c2c2cccc6c7ccccc7c7ccccc7c7ccccc7n5c62)-n2c5ccc(C(C)(C)C)cc5c5cc(-n6c7ccc(C(C)(C)C)cc7c7cc(C(C)(C)C)ccc76)cc(c52)B43)c([2H])c1[2H]. The molecule has 12 aromatic carbocycles. The molecule has 4 nitrogen and oxygen atoms in total. The quantitative estimate of drug-likeness (QED) is 0.154. The highest BCUT2D eigenvalue weighted by Crippen LogP contribution is 2.49. The lowest BCUT2D eigenvalue weighted by Crippen LogP contribution is -2.59. The lowest BCUT2D eigenvalue weighted by atomic mass is 9.34. The first-order chi connectivity index (χ1) is 46.8. The van der Waals surface area contributed by atoms with Gasteiger partial charge in [-0.15, -0.1) is 0 Å². The first kappa shape index (κ1) is 49.6. The molecular formula is C88H73BN4. The molecule has 7 heterocycles. The molecule has 0 N–H and O–H groups in total. The Morgan fingerprint density at radius 1 is 0.312 bits per heavy atom. The first-order valence-corrected chi connectivity index (χ1v) is 33.1. The summed E-state index contributed by atoms with van der Waals surface area (Å²) in [6.07, 6.45) is 0. The number of hydrogen-bond donors (Lipinski definition) is 0. The smallest absolute Gasteiger partial charge is 0.252 e. The van der Waals surface area contributed by atoms with E-state index in [1.807, 2.05) is 0 Å². The Kier molecular flexibility index (Phi) is 9.79. The van der Waals surface area contributed by atoms with Crippen molar-refractivity contribution in [2.24, 2.45) is 0 Å². The Hall–Kier alpha value is -10.1. The lowest BCUT2D eigenvalue weighted by Gasteiger charge is -2.35. The van der Waals surface area contributed by atoms with Crippen LogP contribution in [0.2, 0.25) is 0 Å². The second-order valence-corrected chi connectivity index (χ2v) is 31.0. The molecule has 0 saturated heterocycles. The normalized spacial score (nSPS) is 14.3. The molecule has 0 radical (unpaired) electrons. The van der Waals surface area contributed by atoms with Crippen molar-refractivity contribution >= 4 is 148 Å². The van der Waals surface area contributed by atoms with Gasteiger partial charge in [0.25, 0.3) is 6.71 Å². The van der Waals surface area contributed by atoms with Crippen LogP contribution in [0.5, 0.6) is 0 Å². The largest absolute Gasteiger partial charge is 0.310 e. The zero-order valence-corrected chi connectivity index (χ0v) is 54.8. The van der Waals surface area contributed by atoms with Crippen molar-refractivity contribution in [2.75, 3.05) is 0 Å². The number of fused-ring (bicyclic) bond motifs is 24. The van der Waals surface area contributed by atoms with Crippen LogP contribution in [0.4, 0.5) is 0 Å². The Morgan fingerprint density at radius 3 is 1.31 bits per heavy atom. The third-order valence-corrected chi connectivity index (χ3v) is 21.4. The van der Waals surface area contributed by atoms with Crippen molar-refractivity contribution in [1.82, 2.24) is 18.1 Å². The van der Waals surface area contributed by atoms with E-state index in [0.29, 0.717) is 5.56 Å². The minimum Gasteiger partial charge on any atom is -0.310 e. The van der Waals surface area contributed by atoms with Crippen LogP contribution in [-0.4, -0.2) is 24.8 Å². The standard InChI is InChI=1S/C88H73BN4/c1-85(2,3)52-33-37-73-64(43-52)65-44-53(86(4,5)6)34-38-74(65)90(73)56-47-69-67-46-54(87(7,8)9)35-39-75(67)92-78-49-77-79(63-31-22-30-62-60-28-19-17-26-58(60)57-25-16-18-27-59(57)61-29-20-21-32-72(61)91(77)81(62)63)84-80(78)89(71(48-56)82(69)92)70-42-51(50-23-14-13-15-24-50)41-68-66-45-55(88(10,11)12)36-40-76(66)93(84)83(68)70/h13-49H,1-12H3/i13D,14D,15D,23D,24D. The van der Waals surface area contributed by atoms with Gasteiger partial charge in [0.1, 0.15) is 0 Å². The summed E-state index contributed by atoms with van der Waals surface area (Å²) in [5, 5.41) is 16.0. The van der Waals surface area contributed by atoms with Gasteiger partial charge in [0.15, 0.2) is 0 Å². The summed E-state index contributed by atoms with van der Waals surface area (Å²) in [7, 11) is 0. The highest BCUT2D eigenvalue weighted by molar-refractivity contribution is 7.00. The van der Waals surface area contributed by atoms with Crippen molar-refractivity contribution in [3.8, 4) is 28.2 Å². The molecule has 0 saturated carbocycles. The predicted molar refractivity (Wildman–Crippen MR) is 402 cm³/mol. The molecule has 5 aromatic heterocycles. The molecule has 0 unspecified atom stereocenters. The summed E-state index contributed by atoms with van der Waals surface area (Å²) >= 11 is 0. The monoisotopic (exact) mass is 1200 g/mol. The van der Waals surface area contributed by atoms with Gasteiger partial charge in [-0.2, -0.15) is 0 Å². The van der Waals surface area contributed by atoms with E-state index in [-0.39, 0.29) is 51.4 Å². The second-order valence-electron chi connectivity index (χ2n) is 31.0. The van der Waals surface area contributed by atoms with Gasteiger partial charge in [0.05, 0.1) is 51.2 Å². The van der Waals surface area contributed by atoms with Crippen LogP contribution in [0.15, 0.2) is 224 Å². The van der Waals surface area contributed by atoms with Crippen LogP contribution in [-0.2, 0) is 21.7 Å². The van der Waals surface area contributed by atoms with Crippen LogP contribution < -0.4 is 16.4 Å². The molecular weight excluding hydrogens is 1120 g/mol. The molecule has 448 valence electrons. The van der Waals surface area contributed by atoms with Gasteiger partial charge < -0.3 is 18.1 Å². The van der Waals surface area contributed by atoms with Crippen molar-refractivity contribution in [3.05, 3.63) is 247 Å². The van der Waals surface area contributed by atoms with Gasteiger partial charge in [0.2, 0.25) is 0 Å². The van der Waals surface area contributed by atoms with Gasteiger partial charge in [-0.3, -0.25) is 0 Å². The van der Waals surface area contributed by atoms with E-state index in [1.165, 1.54) is 54.6 Å². The fourth-order valence-electron chi connectivity index (χ4n) is 16.8. The van der Waals surface area contributed by atoms with Crippen LogP contribution in [0, 0.1) is 0 Å². The minimum absolute atomic E-state index is 0.0914. The van der Waals surface area contributed by atoms with Gasteiger partial charge in [-0.1, -0.05) is 229 Å². The van der Waals surface area contributed by atoms with E-state index in [1.54, 1.807) is 0 Å². The van der Waals surface area contributed by atoms with Gasteiger partial charge >= 0.3 is 0 Å². The van der Waals surface area contributed by atoms with Gasteiger partial charge in [-0.25, -0.2) is 0 Å². The number of hydrogen-bond acceptors (Lipinski definition) is 0. The summed E-state index contributed by atoms with van der Waals surface area (Å²) in [6, 6.07) is 72.4. The molecule has 0 bridgehead atoms. The molecule has 0 fully saturated rings. The van der Waals surface area contributed by atoms with E-state index in [9.17, 15) is 5.48 Å². The van der Waals surface area contributed by atoms with E-state index in [4.69, 9.17) is 1.37 Å². The van der Waals surface area contributed by atoms with E-state index >= 15 is 0 Å². The zero-order chi connectivity index (χ0) is 67.6. The topological polar surface area (TPSA) is 19.2 Å². The summed E-state index contributed by atoms with van der Waals surface area (Å²) in [4.78, 5) is 0. The fourth-order valence-corrected chi connectivity index (χ4v) is 16.8. The minimum atomic E-state index is -0.453. The molecule has 2 aliphatic heterocycles. The summed E-state index contributed by atoms with van der Waals surface area (Å²) in [5.74, 6) is 0. The maximum absolute atomic E-state index is 9.72. The maximum atomic E-state index is 9.72. The van der Waals surface area contributed by atoms with Crippen LogP contribution >= 0.6 is 0 Å². The molecule has 0 spiro atoms. The van der Waals surface area contributed by atoms with E-state index < -0.39 is 12.8 Å². The Labute approximate surface area is 549 Å². The summed E-state index contributed by atoms with van der Waals surface area (Å²) < 4.78 is 56.9. The van der Waals surface area contributed by atoms with Crippen molar-refractivity contribution in [2.45, 2.75) is 105 Å². The van der Waals surface area contributed by atoms with E-state index in [2.05, 4.69) is 295 Å². The molecule has 19 rings (SSSR count). The highest BCUT2D eigenvalue weighted by atomic mass is 15.1. The van der Waals surface area contributed by atoms with Crippen molar-refractivity contribution in [3.63, 3.8) is 0 Å². The molecule has 0 atom stereocenters. The molecule has 0 amide bonds. The van der Waals surface area contributed by atoms with Crippen LogP contribution in [0.25, 0.3) is 153 Å². The number of nitrogens with zero attached hydrogens (tertiary/aromatic N) is 4. The highest BCUT2D eigenvalue weighted by Gasteiger charge is 2.44. The summed E-state index contributed by atoms with van der Waals surface area (Å²) in [6.45, 7) is 27.1. The molecule has 0 aliphatic carbocycles. The second kappa shape index (κ2) is 18.4. The lowest BCUT2D eigenvalue weighted by molar-refractivity contribution is 0.590. The zero-order valence-electron chi connectivity index (χ0n) is 59.8. The van der Waals surface area contributed by atoms with Crippen molar-refractivity contribution < 1.29 is 6.85 Å². The maximum Gasteiger partial charge on any atom is 0.252 e. The Balaban J connectivity index is 1.08. The molecule has 2 aliphatic rings. The molecule has 17 aromatic rings. The average molecular weight is 1200 g/mol. The summed E-state index contributed by atoms with van der Waals surface area (Å²) in [5.41, 5.74) is 21.6. The average Bonchev–Trinajstić information content (AvgIpc) is 1.47. The Morgan fingerprint density at radius 2 is 0.753 bits per heavy atom. The van der Waals surface area contributed by atoms with Gasteiger partial charge in [0, 0.05) is 76.3 Å². The fraction of sp³-hybridized carbons (Fsp3) is 0.182. The van der Waals surface area contributed by atoms with Crippen LogP contribution in [0.3, 0.4) is 0 Å². The molecule has 5 heteroatoms. The van der Waals surface area contributed by atoms with E-state index in [0.717, 1.165) is 126 Å². The molecule has 93 heavy (non-hydrogen) atoms.